The van der Waals surface area contributed by atoms with E-state index < -0.39 is 10.0 Å². The van der Waals surface area contributed by atoms with E-state index in [2.05, 4.69) is 19.9 Å². The summed E-state index contributed by atoms with van der Waals surface area (Å²) in [5.74, 6) is 0.946. The minimum absolute atomic E-state index is 0.126. The van der Waals surface area contributed by atoms with Gasteiger partial charge in [0.1, 0.15) is 0 Å². The molecule has 0 atom stereocenters. The Labute approximate surface area is 122 Å². The van der Waals surface area contributed by atoms with Gasteiger partial charge in [-0.25, -0.2) is 18.2 Å². The maximum Gasteiger partial charge on any atom is 0.264 e. The average molecular weight is 312 g/mol. The second kappa shape index (κ2) is 5.84. The molecule has 0 aliphatic carbocycles. The highest BCUT2D eigenvalue weighted by Crippen LogP contribution is 2.20. The summed E-state index contributed by atoms with van der Waals surface area (Å²) in [6.45, 7) is 5.66. The molecule has 1 aromatic heterocycles. The Morgan fingerprint density at radius 3 is 2.75 bits per heavy atom. The van der Waals surface area contributed by atoms with Crippen LogP contribution < -0.4 is 4.72 Å². The van der Waals surface area contributed by atoms with E-state index >= 15 is 0 Å². The third kappa shape index (κ3) is 3.31. The van der Waals surface area contributed by atoms with Crippen molar-refractivity contribution in [2.45, 2.75) is 30.8 Å². The first kappa shape index (κ1) is 14.9. The highest BCUT2D eigenvalue weighted by atomic mass is 32.2. The molecule has 1 aromatic carbocycles. The van der Waals surface area contributed by atoms with Crippen LogP contribution >= 0.6 is 11.8 Å². The molecule has 0 saturated carbocycles. The van der Waals surface area contributed by atoms with Crippen LogP contribution in [0.4, 0.5) is 5.95 Å². The zero-order chi connectivity index (χ0) is 14.8. The molecular weight excluding hydrogens is 296 g/mol. The fourth-order valence-corrected chi connectivity index (χ4v) is 3.48. The van der Waals surface area contributed by atoms with E-state index in [0.29, 0.717) is 10.7 Å². The molecule has 2 rings (SSSR count). The van der Waals surface area contributed by atoms with E-state index in [1.54, 1.807) is 19.1 Å². The van der Waals surface area contributed by atoms with Crippen LogP contribution in [-0.4, -0.2) is 29.4 Å². The molecule has 0 saturated heterocycles. The zero-order valence-electron chi connectivity index (χ0n) is 11.5. The van der Waals surface area contributed by atoms with Crippen LogP contribution in [0.3, 0.4) is 0 Å². The van der Waals surface area contributed by atoms with Gasteiger partial charge >= 0.3 is 0 Å². The number of hydrogen-bond acceptors (Lipinski definition) is 5. The Morgan fingerprint density at radius 2 is 2.10 bits per heavy atom. The Bertz CT molecular complexity index is 710. The molecule has 0 aliphatic rings. The summed E-state index contributed by atoms with van der Waals surface area (Å²) in [6, 6.07) is 5.18. The first-order valence-corrected chi connectivity index (χ1v) is 8.54. The normalized spacial score (nSPS) is 11.6. The molecule has 0 amide bonds. The van der Waals surface area contributed by atoms with Crippen molar-refractivity contribution in [3.8, 4) is 0 Å². The molecule has 1 heterocycles. The van der Waals surface area contributed by atoms with Crippen LogP contribution in [0.1, 0.15) is 18.1 Å². The van der Waals surface area contributed by atoms with Crippen LogP contribution in [0, 0.1) is 13.8 Å². The van der Waals surface area contributed by atoms with Gasteiger partial charge in [0.15, 0.2) is 0 Å². The number of nitrogens with zero attached hydrogens (tertiary/aromatic N) is 2. The predicted octanol–water partition coefficient (Wildman–Crippen LogP) is 2.33. The molecule has 0 fully saturated rings. The van der Waals surface area contributed by atoms with Crippen LogP contribution in [0.15, 0.2) is 28.3 Å². The molecule has 2 aromatic rings. The second-order valence-corrected chi connectivity index (χ2v) is 7.16. The molecule has 0 spiro atoms. The lowest BCUT2D eigenvalue weighted by atomic mass is 10.2. The average Bonchev–Trinajstić information content (AvgIpc) is 2.75. The van der Waals surface area contributed by atoms with Gasteiger partial charge < -0.3 is 0 Å². The fraction of sp³-hybridized carbons (Fsp3) is 0.333. The summed E-state index contributed by atoms with van der Waals surface area (Å²) < 4.78 is 27.0. The van der Waals surface area contributed by atoms with Gasteiger partial charge in [-0.2, -0.15) is 4.98 Å². The van der Waals surface area contributed by atoms with E-state index in [9.17, 15) is 8.42 Å². The summed E-state index contributed by atoms with van der Waals surface area (Å²) in [5, 5.41) is 7.01. The van der Waals surface area contributed by atoms with Crippen molar-refractivity contribution in [3.05, 3.63) is 29.3 Å². The predicted molar refractivity (Wildman–Crippen MR) is 79.5 cm³/mol. The third-order valence-electron chi connectivity index (χ3n) is 2.59. The molecule has 108 valence electrons. The number of anilines is 1. The number of rotatable bonds is 5. The van der Waals surface area contributed by atoms with E-state index in [0.717, 1.165) is 11.3 Å². The SMILES string of the molecule is CCSc1n[nH]c(NS(=O)(=O)c2ccc(C)cc2C)n1. The number of benzene rings is 1. The smallest absolute Gasteiger partial charge is 0.248 e. The molecule has 8 heteroatoms. The molecule has 2 N–H and O–H groups in total. The lowest BCUT2D eigenvalue weighted by molar-refractivity contribution is 0.600. The van der Waals surface area contributed by atoms with E-state index in [-0.39, 0.29) is 10.8 Å². The maximum atomic E-state index is 12.3. The van der Waals surface area contributed by atoms with Crippen molar-refractivity contribution in [2.75, 3.05) is 10.5 Å². The number of aryl methyl sites for hydroxylation is 2. The van der Waals surface area contributed by atoms with Crippen molar-refractivity contribution < 1.29 is 8.42 Å². The zero-order valence-corrected chi connectivity index (χ0v) is 13.1. The van der Waals surface area contributed by atoms with Crippen LogP contribution in [-0.2, 0) is 10.0 Å². The number of nitrogens with one attached hydrogen (secondary N) is 2. The van der Waals surface area contributed by atoms with E-state index in [4.69, 9.17) is 0 Å². The minimum atomic E-state index is -3.66. The minimum Gasteiger partial charge on any atom is -0.248 e. The molecule has 6 nitrogen and oxygen atoms in total. The largest absolute Gasteiger partial charge is 0.264 e. The Hall–Kier alpha value is -1.54. The van der Waals surface area contributed by atoms with Crippen molar-refractivity contribution in [1.29, 1.82) is 0 Å². The van der Waals surface area contributed by atoms with Gasteiger partial charge in [0, 0.05) is 0 Å². The monoisotopic (exact) mass is 312 g/mol. The molecule has 0 radical (unpaired) electrons. The Morgan fingerprint density at radius 1 is 1.35 bits per heavy atom. The number of aromatic nitrogens is 3. The molecular formula is C12H16N4O2S2. The maximum absolute atomic E-state index is 12.3. The van der Waals surface area contributed by atoms with Gasteiger partial charge in [0.05, 0.1) is 4.90 Å². The number of thioether (sulfide) groups is 1. The van der Waals surface area contributed by atoms with Gasteiger partial charge in [-0.05, 0) is 31.2 Å². The molecule has 0 aliphatic heterocycles. The van der Waals surface area contributed by atoms with Gasteiger partial charge in [-0.15, -0.1) is 5.10 Å². The van der Waals surface area contributed by atoms with Gasteiger partial charge in [0.25, 0.3) is 10.0 Å². The first-order valence-electron chi connectivity index (χ1n) is 6.07. The van der Waals surface area contributed by atoms with Crippen molar-refractivity contribution in [2.24, 2.45) is 0 Å². The topological polar surface area (TPSA) is 87.7 Å². The van der Waals surface area contributed by atoms with Crippen LogP contribution in [0.2, 0.25) is 0 Å². The second-order valence-electron chi connectivity index (χ2n) is 4.27. The number of aromatic amines is 1. The van der Waals surface area contributed by atoms with Crippen LogP contribution in [0.25, 0.3) is 0 Å². The molecule has 0 bridgehead atoms. The highest BCUT2D eigenvalue weighted by molar-refractivity contribution is 7.99. The number of H-pyrrole nitrogens is 1. The van der Waals surface area contributed by atoms with Gasteiger partial charge in [0.2, 0.25) is 11.1 Å². The summed E-state index contributed by atoms with van der Waals surface area (Å²) in [4.78, 5) is 4.30. The van der Waals surface area contributed by atoms with Crippen LogP contribution in [0.5, 0.6) is 0 Å². The number of sulfonamides is 1. The summed E-state index contributed by atoms with van der Waals surface area (Å²) in [7, 11) is -3.66. The summed E-state index contributed by atoms with van der Waals surface area (Å²) >= 11 is 1.43. The summed E-state index contributed by atoms with van der Waals surface area (Å²) in [6.07, 6.45) is 0. The molecule has 0 unspecified atom stereocenters. The Kier molecular flexibility index (Phi) is 4.34. The van der Waals surface area contributed by atoms with Gasteiger partial charge in [-0.3, -0.25) is 0 Å². The number of hydrogen-bond donors (Lipinski definition) is 2. The highest BCUT2D eigenvalue weighted by Gasteiger charge is 2.18. The first-order chi connectivity index (χ1) is 9.42. The lowest BCUT2D eigenvalue weighted by Gasteiger charge is -2.08. The van der Waals surface area contributed by atoms with Crippen molar-refractivity contribution >= 4 is 27.7 Å². The van der Waals surface area contributed by atoms with Crippen molar-refractivity contribution in [3.63, 3.8) is 0 Å². The molecule has 20 heavy (non-hydrogen) atoms. The third-order valence-corrected chi connectivity index (χ3v) is 4.82. The lowest BCUT2D eigenvalue weighted by Crippen LogP contribution is -2.15. The van der Waals surface area contributed by atoms with E-state index in [1.807, 2.05) is 19.9 Å². The van der Waals surface area contributed by atoms with Gasteiger partial charge in [-0.1, -0.05) is 36.4 Å². The standard InChI is InChI=1S/C12H16N4O2S2/c1-4-19-12-13-11(14-15-12)16-20(17,18)10-6-5-8(2)7-9(10)3/h5-7H,4H2,1-3H3,(H2,13,14,15,16). The quantitative estimate of drug-likeness (QED) is 0.827. The Balaban J connectivity index is 2.26. The van der Waals surface area contributed by atoms with E-state index in [1.165, 1.54) is 11.8 Å². The summed E-state index contributed by atoms with van der Waals surface area (Å²) in [5.41, 5.74) is 1.71. The fourth-order valence-electron chi connectivity index (χ4n) is 1.77. The van der Waals surface area contributed by atoms with Crippen molar-refractivity contribution in [1.82, 2.24) is 15.2 Å².